The van der Waals surface area contributed by atoms with Gasteiger partial charge in [-0.3, -0.25) is 9.69 Å². The van der Waals surface area contributed by atoms with Crippen LogP contribution in [0.5, 0.6) is 0 Å². The van der Waals surface area contributed by atoms with E-state index in [0.717, 1.165) is 37.6 Å². The van der Waals surface area contributed by atoms with Crippen molar-refractivity contribution in [2.24, 2.45) is 0 Å². The molecule has 0 aromatic heterocycles. The molecule has 2 fully saturated rings. The molecule has 184 valence electrons. The van der Waals surface area contributed by atoms with E-state index in [4.69, 9.17) is 11.6 Å². The van der Waals surface area contributed by atoms with Crippen molar-refractivity contribution < 1.29 is 32.2 Å². The van der Waals surface area contributed by atoms with Gasteiger partial charge in [-0.05, 0) is 62.9 Å². The van der Waals surface area contributed by atoms with Crippen LogP contribution in [-0.4, -0.2) is 73.0 Å². The molecule has 1 aromatic carbocycles. The predicted molar refractivity (Wildman–Crippen MR) is 117 cm³/mol. The number of piperidine rings is 1. The van der Waals surface area contributed by atoms with Crippen LogP contribution in [0.25, 0.3) is 0 Å². The van der Waals surface area contributed by atoms with Crippen molar-refractivity contribution in [1.82, 2.24) is 9.80 Å². The number of anilines is 1. The summed E-state index contributed by atoms with van der Waals surface area (Å²) in [4.78, 5) is 26.2. The Morgan fingerprint density at radius 2 is 1.97 bits per heavy atom. The van der Waals surface area contributed by atoms with Gasteiger partial charge in [0.2, 0.25) is 0 Å². The summed E-state index contributed by atoms with van der Waals surface area (Å²) in [7, 11) is 0. The second kappa shape index (κ2) is 10.8. The van der Waals surface area contributed by atoms with Crippen molar-refractivity contribution in [2.75, 3.05) is 38.1 Å². The molecule has 0 bridgehead atoms. The highest BCUT2D eigenvalue weighted by Crippen LogP contribution is 2.40. The summed E-state index contributed by atoms with van der Waals surface area (Å²) in [6.07, 6.45) is -4.26. The molecule has 2 saturated heterocycles. The van der Waals surface area contributed by atoms with Gasteiger partial charge in [-0.15, -0.1) is 0 Å². The lowest BCUT2D eigenvalue weighted by Crippen LogP contribution is -2.53. The topological polar surface area (TPSA) is 71.1 Å². The zero-order valence-corrected chi connectivity index (χ0v) is 19.3. The quantitative estimate of drug-likeness (QED) is 0.428. The van der Waals surface area contributed by atoms with E-state index < -0.39 is 18.4 Å². The van der Waals surface area contributed by atoms with E-state index >= 15 is 0 Å². The first kappa shape index (κ1) is 25.4. The largest absolute Gasteiger partial charge is 0.466 e. The van der Waals surface area contributed by atoms with Gasteiger partial charge in [-0.1, -0.05) is 11.6 Å². The number of carbonyl (C=O) groups is 2. The molecule has 11 heteroatoms. The summed E-state index contributed by atoms with van der Waals surface area (Å²) in [5.41, 5.74) is 1.76. The van der Waals surface area contributed by atoms with Crippen LogP contribution in [0.3, 0.4) is 0 Å². The standard InChI is InChI=1S/C22H29ClF3N3O4/c1-16(22(24,25)26)33-20(31)28-8-4-21(5-9-28)3-2-7-29(21)14-17-11-18(23)13-19(12-17)27-6-10-32-15-30/h11-13,15-16,27H,2-10,14H2,1H3. The Hall–Kier alpha value is -2.20. The molecule has 1 amide bonds. The van der Waals surface area contributed by atoms with E-state index in [0.29, 0.717) is 50.5 Å². The third-order valence-electron chi connectivity index (χ3n) is 6.38. The molecular formula is C22H29ClF3N3O4. The third kappa shape index (κ3) is 6.66. The molecule has 7 nitrogen and oxygen atoms in total. The fourth-order valence-corrected chi connectivity index (χ4v) is 4.83. The number of likely N-dealkylation sites (tertiary alicyclic amines) is 2. The maximum absolute atomic E-state index is 12.7. The van der Waals surface area contributed by atoms with Crippen molar-refractivity contribution in [1.29, 1.82) is 0 Å². The van der Waals surface area contributed by atoms with Crippen molar-refractivity contribution in [2.45, 2.75) is 57.0 Å². The van der Waals surface area contributed by atoms with Gasteiger partial charge in [0, 0.05) is 42.4 Å². The minimum atomic E-state index is -4.57. The van der Waals surface area contributed by atoms with E-state index in [1.807, 2.05) is 12.1 Å². The monoisotopic (exact) mass is 491 g/mol. The van der Waals surface area contributed by atoms with Gasteiger partial charge in [0.1, 0.15) is 6.61 Å². The molecule has 1 unspecified atom stereocenters. The molecule has 0 aliphatic carbocycles. The maximum atomic E-state index is 12.7. The van der Waals surface area contributed by atoms with Gasteiger partial charge in [0.15, 0.2) is 6.10 Å². The lowest BCUT2D eigenvalue weighted by Gasteiger charge is -2.45. The molecule has 1 atom stereocenters. The highest BCUT2D eigenvalue weighted by molar-refractivity contribution is 6.30. The molecule has 2 aliphatic rings. The van der Waals surface area contributed by atoms with Crippen molar-refractivity contribution in [3.8, 4) is 0 Å². The number of nitrogens with one attached hydrogen (secondary N) is 1. The number of benzene rings is 1. The average Bonchev–Trinajstić information content (AvgIpc) is 3.12. The first-order valence-electron chi connectivity index (χ1n) is 11.0. The van der Waals surface area contributed by atoms with Crippen LogP contribution in [0.1, 0.15) is 38.2 Å². The predicted octanol–water partition coefficient (Wildman–Crippen LogP) is 4.44. The number of ether oxygens (including phenoxy) is 2. The second-order valence-corrected chi connectivity index (χ2v) is 8.98. The normalized spacial score (nSPS) is 19.4. The average molecular weight is 492 g/mol. The second-order valence-electron chi connectivity index (χ2n) is 8.55. The van der Waals surface area contributed by atoms with E-state index in [-0.39, 0.29) is 12.1 Å². The fraction of sp³-hybridized carbons (Fsp3) is 0.636. The van der Waals surface area contributed by atoms with Gasteiger partial charge in [0.05, 0.1) is 0 Å². The summed E-state index contributed by atoms with van der Waals surface area (Å²) < 4.78 is 47.4. The number of amides is 1. The summed E-state index contributed by atoms with van der Waals surface area (Å²) in [6, 6.07) is 5.72. The Kier molecular flexibility index (Phi) is 8.33. The minimum absolute atomic E-state index is 0.0971. The number of halogens is 4. The molecule has 1 spiro atoms. The van der Waals surface area contributed by atoms with Crippen molar-refractivity contribution >= 4 is 29.9 Å². The van der Waals surface area contributed by atoms with Crippen molar-refractivity contribution in [3.05, 3.63) is 28.8 Å². The molecular weight excluding hydrogens is 463 g/mol. The Bertz CT molecular complexity index is 832. The first-order valence-corrected chi connectivity index (χ1v) is 11.4. The highest BCUT2D eigenvalue weighted by atomic mass is 35.5. The molecule has 33 heavy (non-hydrogen) atoms. The molecule has 0 saturated carbocycles. The Labute approximate surface area is 196 Å². The first-order chi connectivity index (χ1) is 15.6. The van der Waals surface area contributed by atoms with Gasteiger partial charge >= 0.3 is 12.3 Å². The summed E-state index contributed by atoms with van der Waals surface area (Å²) >= 11 is 6.30. The van der Waals surface area contributed by atoms with Crippen LogP contribution in [0.4, 0.5) is 23.7 Å². The van der Waals surface area contributed by atoms with Gasteiger partial charge < -0.3 is 19.7 Å². The van der Waals surface area contributed by atoms with E-state index in [2.05, 4.69) is 19.7 Å². The fourth-order valence-electron chi connectivity index (χ4n) is 4.57. The van der Waals surface area contributed by atoms with Crippen LogP contribution in [0.2, 0.25) is 5.02 Å². The molecule has 2 heterocycles. The summed E-state index contributed by atoms with van der Waals surface area (Å²) in [5.74, 6) is 0. The molecule has 1 N–H and O–H groups in total. The van der Waals surface area contributed by atoms with Gasteiger partial charge in [-0.25, -0.2) is 4.79 Å². The van der Waals surface area contributed by atoms with Crippen molar-refractivity contribution in [3.63, 3.8) is 0 Å². The lowest BCUT2D eigenvalue weighted by molar-refractivity contribution is -0.200. The van der Waals surface area contributed by atoms with E-state index in [1.165, 1.54) is 4.90 Å². The van der Waals surface area contributed by atoms with Crippen LogP contribution in [0.15, 0.2) is 18.2 Å². The molecule has 0 radical (unpaired) electrons. The molecule has 1 aromatic rings. The SMILES string of the molecule is CC(OC(=O)N1CCC2(CCCN2Cc2cc(Cl)cc(NCCOC=O)c2)CC1)C(F)(F)F. The Morgan fingerprint density at radius 1 is 1.24 bits per heavy atom. The van der Waals surface area contributed by atoms with Crippen LogP contribution >= 0.6 is 11.6 Å². The smallest absolute Gasteiger partial charge is 0.425 e. The number of hydrogen-bond acceptors (Lipinski definition) is 6. The number of hydrogen-bond donors (Lipinski definition) is 1. The maximum Gasteiger partial charge on any atom is 0.425 e. The Balaban J connectivity index is 1.59. The van der Waals surface area contributed by atoms with Crippen LogP contribution < -0.4 is 5.32 Å². The summed E-state index contributed by atoms with van der Waals surface area (Å²) in [6.45, 7) is 4.25. The number of alkyl halides is 3. The van der Waals surface area contributed by atoms with Crippen LogP contribution in [0, 0.1) is 0 Å². The Morgan fingerprint density at radius 3 is 2.64 bits per heavy atom. The minimum Gasteiger partial charge on any atom is -0.466 e. The van der Waals surface area contributed by atoms with E-state index in [1.54, 1.807) is 6.07 Å². The zero-order valence-electron chi connectivity index (χ0n) is 18.5. The number of nitrogens with zero attached hydrogens (tertiary/aromatic N) is 2. The number of rotatable bonds is 8. The van der Waals surface area contributed by atoms with Gasteiger partial charge in [0.25, 0.3) is 6.47 Å². The summed E-state index contributed by atoms with van der Waals surface area (Å²) in [5, 5.41) is 3.77. The number of carbonyl (C=O) groups excluding carboxylic acids is 2. The lowest BCUT2D eigenvalue weighted by atomic mass is 9.85. The van der Waals surface area contributed by atoms with Crippen LogP contribution in [-0.2, 0) is 20.8 Å². The zero-order chi connectivity index (χ0) is 24.1. The van der Waals surface area contributed by atoms with Gasteiger partial charge in [-0.2, -0.15) is 13.2 Å². The van der Waals surface area contributed by atoms with E-state index in [9.17, 15) is 22.8 Å². The molecule has 3 rings (SSSR count). The highest BCUT2D eigenvalue weighted by Gasteiger charge is 2.45. The molecule has 2 aliphatic heterocycles. The third-order valence-corrected chi connectivity index (χ3v) is 6.60.